The molecule has 2 heterocycles. The summed E-state index contributed by atoms with van der Waals surface area (Å²) in [5.41, 5.74) is 3.44. The van der Waals surface area contributed by atoms with Crippen LogP contribution in [0.4, 0.5) is 5.69 Å². The molecule has 2 aromatic heterocycles. The molecule has 1 amide bonds. The minimum Gasteiger partial charge on any atom is -0.319 e. The SMILES string of the molecule is O=C(Nc1ccc2ncsc2c1)c1n[nH]c(C2CC2)n1. The number of aromatic nitrogens is 4. The summed E-state index contributed by atoms with van der Waals surface area (Å²) in [6.07, 6.45) is 2.25. The van der Waals surface area contributed by atoms with Crippen molar-refractivity contribution in [3.05, 3.63) is 35.4 Å². The molecular weight excluding hydrogens is 274 g/mol. The van der Waals surface area contributed by atoms with E-state index in [4.69, 9.17) is 0 Å². The van der Waals surface area contributed by atoms with E-state index in [1.807, 2.05) is 18.2 Å². The van der Waals surface area contributed by atoms with E-state index in [9.17, 15) is 4.79 Å². The number of H-pyrrole nitrogens is 1. The average molecular weight is 285 g/mol. The Bertz CT molecular complexity index is 789. The first-order chi connectivity index (χ1) is 9.79. The third-order valence-corrected chi connectivity index (χ3v) is 4.05. The molecule has 100 valence electrons. The number of hydrogen-bond donors (Lipinski definition) is 2. The Kier molecular flexibility index (Phi) is 2.53. The first kappa shape index (κ1) is 11.5. The Labute approximate surface area is 118 Å². The van der Waals surface area contributed by atoms with Crippen molar-refractivity contribution in [3.8, 4) is 0 Å². The Morgan fingerprint density at radius 1 is 1.40 bits per heavy atom. The number of hydrogen-bond acceptors (Lipinski definition) is 5. The minimum atomic E-state index is -0.294. The first-order valence-corrected chi connectivity index (χ1v) is 7.24. The number of aromatic amines is 1. The van der Waals surface area contributed by atoms with Gasteiger partial charge in [0.1, 0.15) is 5.82 Å². The van der Waals surface area contributed by atoms with Gasteiger partial charge in [-0.15, -0.1) is 16.4 Å². The molecular formula is C13H11N5OS. The molecule has 6 nitrogen and oxygen atoms in total. The normalized spacial score (nSPS) is 14.6. The molecule has 1 saturated carbocycles. The summed E-state index contributed by atoms with van der Waals surface area (Å²) in [5.74, 6) is 1.17. The van der Waals surface area contributed by atoms with Gasteiger partial charge in [0.05, 0.1) is 15.7 Å². The highest BCUT2D eigenvalue weighted by atomic mass is 32.1. The van der Waals surface area contributed by atoms with Crippen LogP contribution in [0.1, 0.15) is 35.2 Å². The number of carbonyl (C=O) groups excluding carboxylic acids is 1. The molecule has 4 rings (SSSR count). The molecule has 20 heavy (non-hydrogen) atoms. The van der Waals surface area contributed by atoms with Crippen LogP contribution in [0.15, 0.2) is 23.7 Å². The second-order valence-corrected chi connectivity index (χ2v) is 5.69. The highest BCUT2D eigenvalue weighted by Gasteiger charge is 2.28. The number of benzene rings is 1. The Morgan fingerprint density at radius 3 is 3.15 bits per heavy atom. The molecule has 0 atom stereocenters. The van der Waals surface area contributed by atoms with Crippen LogP contribution in [-0.4, -0.2) is 26.1 Å². The van der Waals surface area contributed by atoms with E-state index in [1.54, 1.807) is 16.8 Å². The quantitative estimate of drug-likeness (QED) is 0.774. The van der Waals surface area contributed by atoms with Crippen LogP contribution in [-0.2, 0) is 0 Å². The van der Waals surface area contributed by atoms with Gasteiger partial charge in [0.25, 0.3) is 5.91 Å². The Hall–Kier alpha value is -2.28. The molecule has 1 aliphatic carbocycles. The number of nitrogens with zero attached hydrogens (tertiary/aromatic N) is 3. The van der Waals surface area contributed by atoms with E-state index in [1.165, 1.54) is 0 Å². The maximum Gasteiger partial charge on any atom is 0.295 e. The van der Waals surface area contributed by atoms with Crippen molar-refractivity contribution >= 4 is 33.1 Å². The largest absolute Gasteiger partial charge is 0.319 e. The van der Waals surface area contributed by atoms with Crippen LogP contribution in [0.25, 0.3) is 10.2 Å². The van der Waals surface area contributed by atoms with E-state index < -0.39 is 0 Å². The van der Waals surface area contributed by atoms with Crippen molar-refractivity contribution in [2.45, 2.75) is 18.8 Å². The smallest absolute Gasteiger partial charge is 0.295 e. The van der Waals surface area contributed by atoms with Crippen molar-refractivity contribution in [3.63, 3.8) is 0 Å². The van der Waals surface area contributed by atoms with Gasteiger partial charge in [0.2, 0.25) is 5.82 Å². The van der Waals surface area contributed by atoms with Crippen molar-refractivity contribution in [2.75, 3.05) is 5.32 Å². The first-order valence-electron chi connectivity index (χ1n) is 6.36. The number of nitrogens with one attached hydrogen (secondary N) is 2. The monoisotopic (exact) mass is 285 g/mol. The van der Waals surface area contributed by atoms with Gasteiger partial charge in [-0.2, -0.15) is 0 Å². The van der Waals surface area contributed by atoms with Crippen molar-refractivity contribution in [1.29, 1.82) is 0 Å². The van der Waals surface area contributed by atoms with Gasteiger partial charge < -0.3 is 5.32 Å². The van der Waals surface area contributed by atoms with Crippen LogP contribution in [0.5, 0.6) is 0 Å². The van der Waals surface area contributed by atoms with E-state index in [-0.39, 0.29) is 11.7 Å². The maximum absolute atomic E-state index is 12.1. The molecule has 1 aliphatic rings. The molecule has 0 spiro atoms. The van der Waals surface area contributed by atoms with Gasteiger partial charge in [-0.25, -0.2) is 9.97 Å². The molecule has 1 aromatic carbocycles. The molecule has 1 fully saturated rings. The highest BCUT2D eigenvalue weighted by Crippen LogP contribution is 2.37. The van der Waals surface area contributed by atoms with Gasteiger partial charge >= 0.3 is 0 Å². The van der Waals surface area contributed by atoms with Crippen LogP contribution in [0.3, 0.4) is 0 Å². The fraction of sp³-hybridized carbons (Fsp3) is 0.231. The minimum absolute atomic E-state index is 0.191. The predicted molar refractivity (Wildman–Crippen MR) is 75.9 cm³/mol. The lowest BCUT2D eigenvalue weighted by molar-refractivity contribution is 0.101. The summed E-state index contributed by atoms with van der Waals surface area (Å²) in [4.78, 5) is 20.5. The number of amides is 1. The molecule has 0 bridgehead atoms. The standard InChI is InChI=1S/C13H11N5OS/c19-13(12-16-11(17-18-12)7-1-2-7)15-8-3-4-9-10(5-8)20-6-14-9/h3-7H,1-2H2,(H,15,19)(H,16,17,18). The summed E-state index contributed by atoms with van der Waals surface area (Å²) in [5, 5.41) is 9.61. The average Bonchev–Trinajstić information content (AvgIpc) is 3.01. The lowest BCUT2D eigenvalue weighted by Crippen LogP contribution is -2.13. The van der Waals surface area contributed by atoms with Crippen molar-refractivity contribution in [1.82, 2.24) is 20.2 Å². The summed E-state index contributed by atoms with van der Waals surface area (Å²) >= 11 is 1.54. The summed E-state index contributed by atoms with van der Waals surface area (Å²) in [6.45, 7) is 0. The molecule has 0 unspecified atom stereocenters. The predicted octanol–water partition coefficient (Wildman–Crippen LogP) is 2.54. The lowest BCUT2D eigenvalue weighted by Gasteiger charge is -2.01. The fourth-order valence-electron chi connectivity index (χ4n) is 2.04. The zero-order chi connectivity index (χ0) is 13.5. The second-order valence-electron chi connectivity index (χ2n) is 4.81. The molecule has 7 heteroatoms. The molecule has 0 aliphatic heterocycles. The Morgan fingerprint density at radius 2 is 2.30 bits per heavy atom. The van der Waals surface area contributed by atoms with Crippen LogP contribution < -0.4 is 5.32 Å². The van der Waals surface area contributed by atoms with Crippen LogP contribution in [0.2, 0.25) is 0 Å². The van der Waals surface area contributed by atoms with Crippen molar-refractivity contribution < 1.29 is 4.79 Å². The third-order valence-electron chi connectivity index (χ3n) is 3.26. The number of thiazole rings is 1. The van der Waals surface area contributed by atoms with Crippen LogP contribution >= 0.6 is 11.3 Å². The van der Waals surface area contributed by atoms with Gasteiger partial charge in [-0.1, -0.05) is 0 Å². The second kappa shape index (κ2) is 4.38. The summed E-state index contributed by atoms with van der Waals surface area (Å²) in [6, 6.07) is 5.61. The summed E-state index contributed by atoms with van der Waals surface area (Å²) in [7, 11) is 0. The van der Waals surface area contributed by atoms with Crippen molar-refractivity contribution in [2.24, 2.45) is 0 Å². The maximum atomic E-state index is 12.1. The number of anilines is 1. The van der Waals surface area contributed by atoms with E-state index in [0.717, 1.165) is 34.6 Å². The fourth-order valence-corrected chi connectivity index (χ4v) is 2.75. The summed E-state index contributed by atoms with van der Waals surface area (Å²) < 4.78 is 1.04. The molecule has 0 radical (unpaired) electrons. The third kappa shape index (κ3) is 2.05. The lowest BCUT2D eigenvalue weighted by atomic mass is 10.3. The molecule has 0 saturated heterocycles. The number of fused-ring (bicyclic) bond motifs is 1. The van der Waals surface area contributed by atoms with Gasteiger partial charge in [-0.3, -0.25) is 9.89 Å². The van der Waals surface area contributed by atoms with E-state index in [0.29, 0.717) is 5.92 Å². The van der Waals surface area contributed by atoms with Gasteiger partial charge in [0.15, 0.2) is 0 Å². The van der Waals surface area contributed by atoms with Gasteiger partial charge in [-0.05, 0) is 31.0 Å². The molecule has 3 aromatic rings. The Balaban J connectivity index is 1.55. The van der Waals surface area contributed by atoms with E-state index >= 15 is 0 Å². The van der Waals surface area contributed by atoms with Crippen LogP contribution in [0, 0.1) is 0 Å². The van der Waals surface area contributed by atoms with E-state index in [2.05, 4.69) is 25.5 Å². The zero-order valence-electron chi connectivity index (χ0n) is 10.5. The topological polar surface area (TPSA) is 83.6 Å². The number of carbonyl (C=O) groups is 1. The molecule has 2 N–H and O–H groups in total. The number of rotatable bonds is 3. The zero-order valence-corrected chi connectivity index (χ0v) is 11.3. The highest BCUT2D eigenvalue weighted by molar-refractivity contribution is 7.16. The van der Waals surface area contributed by atoms with Gasteiger partial charge in [0, 0.05) is 11.6 Å².